The number of hydrogen-bond acceptors (Lipinski definition) is 1. The van der Waals surface area contributed by atoms with Crippen molar-refractivity contribution in [3.63, 3.8) is 0 Å². The third-order valence-electron chi connectivity index (χ3n) is 3.34. The van der Waals surface area contributed by atoms with E-state index >= 15 is 0 Å². The summed E-state index contributed by atoms with van der Waals surface area (Å²) in [5.41, 5.74) is 0.610. The minimum Gasteiger partial charge on any atom is -0.392 e. The molecule has 1 nitrogen and oxygen atoms in total. The van der Waals surface area contributed by atoms with Gasteiger partial charge in [-0.3, -0.25) is 0 Å². The third-order valence-corrected chi connectivity index (χ3v) is 3.58. The lowest BCUT2D eigenvalue weighted by Gasteiger charge is -2.21. The Labute approximate surface area is 100 Å². The highest BCUT2D eigenvalue weighted by Gasteiger charge is 2.25. The highest BCUT2D eigenvalue weighted by Crippen LogP contribution is 2.34. The van der Waals surface area contributed by atoms with Crippen molar-refractivity contribution in [2.45, 2.75) is 44.1 Å². The van der Waals surface area contributed by atoms with E-state index in [1.807, 2.05) is 0 Å². The van der Waals surface area contributed by atoms with Crippen LogP contribution in [0.4, 0.5) is 4.39 Å². The normalized spacial score (nSPS) is 26.4. The quantitative estimate of drug-likeness (QED) is 0.741. The number of rotatable bonds is 1. The van der Waals surface area contributed by atoms with Gasteiger partial charge in [0.1, 0.15) is 5.82 Å². The van der Waals surface area contributed by atoms with Crippen LogP contribution in [0.25, 0.3) is 0 Å². The van der Waals surface area contributed by atoms with Gasteiger partial charge in [-0.05, 0) is 30.5 Å². The summed E-state index contributed by atoms with van der Waals surface area (Å²) in [5.74, 6) is -0.363. The van der Waals surface area contributed by atoms with E-state index in [9.17, 15) is 9.50 Å². The Balaban J connectivity index is 2.27. The van der Waals surface area contributed by atoms with Crippen LogP contribution in [0.2, 0.25) is 5.02 Å². The Morgan fingerprint density at radius 1 is 1.19 bits per heavy atom. The molecule has 3 heteroatoms. The van der Waals surface area contributed by atoms with Crippen LogP contribution in [0.15, 0.2) is 18.2 Å². The first-order valence-electron chi connectivity index (χ1n) is 5.81. The summed E-state index contributed by atoms with van der Waals surface area (Å²) < 4.78 is 13.7. The predicted molar refractivity (Wildman–Crippen MR) is 63.2 cm³/mol. The minimum absolute atomic E-state index is 0.0697. The summed E-state index contributed by atoms with van der Waals surface area (Å²) >= 11 is 5.72. The fourth-order valence-electron chi connectivity index (χ4n) is 2.45. The van der Waals surface area contributed by atoms with Crippen molar-refractivity contribution in [1.29, 1.82) is 0 Å². The van der Waals surface area contributed by atoms with Crippen molar-refractivity contribution in [2.24, 2.45) is 0 Å². The molecule has 88 valence electrons. The Morgan fingerprint density at radius 3 is 2.69 bits per heavy atom. The maximum absolute atomic E-state index is 13.7. The first-order chi connectivity index (χ1) is 7.68. The average Bonchev–Trinajstić information content (AvgIpc) is 2.44. The number of hydrogen-bond donors (Lipinski definition) is 1. The highest BCUT2D eigenvalue weighted by atomic mass is 35.5. The first-order valence-corrected chi connectivity index (χ1v) is 6.19. The molecule has 0 spiro atoms. The van der Waals surface area contributed by atoms with E-state index < -0.39 is 6.10 Å². The van der Waals surface area contributed by atoms with Crippen LogP contribution in [0.3, 0.4) is 0 Å². The van der Waals surface area contributed by atoms with Gasteiger partial charge in [0.25, 0.3) is 0 Å². The van der Waals surface area contributed by atoms with Gasteiger partial charge in [-0.25, -0.2) is 4.39 Å². The zero-order valence-corrected chi connectivity index (χ0v) is 9.88. The second-order valence-electron chi connectivity index (χ2n) is 4.48. The average molecular weight is 243 g/mol. The molecule has 0 aliphatic heterocycles. The fourth-order valence-corrected chi connectivity index (χ4v) is 2.61. The predicted octanol–water partition coefficient (Wildman–Crippen LogP) is 3.89. The zero-order valence-electron chi connectivity index (χ0n) is 9.13. The van der Waals surface area contributed by atoms with Crippen molar-refractivity contribution < 1.29 is 9.50 Å². The van der Waals surface area contributed by atoms with E-state index in [1.54, 1.807) is 12.1 Å². The second kappa shape index (κ2) is 5.15. The van der Waals surface area contributed by atoms with Crippen LogP contribution in [0, 0.1) is 5.82 Å². The molecule has 2 unspecified atom stereocenters. The third kappa shape index (κ3) is 2.55. The molecule has 1 aliphatic carbocycles. The number of aliphatic hydroxyl groups is 1. The Hall–Kier alpha value is -0.600. The fraction of sp³-hybridized carbons (Fsp3) is 0.538. The minimum atomic E-state index is -0.418. The van der Waals surface area contributed by atoms with E-state index in [0.29, 0.717) is 10.6 Å². The van der Waals surface area contributed by atoms with Crippen molar-refractivity contribution in [3.8, 4) is 0 Å². The van der Waals surface area contributed by atoms with Gasteiger partial charge in [-0.15, -0.1) is 0 Å². The second-order valence-corrected chi connectivity index (χ2v) is 4.91. The van der Waals surface area contributed by atoms with Gasteiger partial charge in [-0.2, -0.15) is 0 Å². The van der Waals surface area contributed by atoms with E-state index in [1.165, 1.54) is 6.07 Å². The van der Waals surface area contributed by atoms with Crippen LogP contribution in [0.5, 0.6) is 0 Å². The summed E-state index contributed by atoms with van der Waals surface area (Å²) in [6.45, 7) is 0. The van der Waals surface area contributed by atoms with Gasteiger partial charge in [-0.1, -0.05) is 36.9 Å². The van der Waals surface area contributed by atoms with E-state index in [4.69, 9.17) is 11.6 Å². The summed E-state index contributed by atoms with van der Waals surface area (Å²) in [5, 5.41) is 10.4. The molecule has 0 amide bonds. The van der Waals surface area contributed by atoms with Crippen molar-refractivity contribution in [3.05, 3.63) is 34.6 Å². The van der Waals surface area contributed by atoms with E-state index in [-0.39, 0.29) is 11.7 Å². The molecule has 2 atom stereocenters. The number of benzene rings is 1. The topological polar surface area (TPSA) is 20.2 Å². The maximum atomic E-state index is 13.7. The van der Waals surface area contributed by atoms with Gasteiger partial charge < -0.3 is 5.11 Å². The molecule has 0 aromatic heterocycles. The van der Waals surface area contributed by atoms with Gasteiger partial charge in [0.15, 0.2) is 0 Å². The van der Waals surface area contributed by atoms with Crippen molar-refractivity contribution >= 4 is 11.6 Å². The van der Waals surface area contributed by atoms with Crippen LogP contribution in [-0.2, 0) is 0 Å². The van der Waals surface area contributed by atoms with Crippen molar-refractivity contribution in [2.75, 3.05) is 0 Å². The van der Waals surface area contributed by atoms with Crippen LogP contribution in [0.1, 0.15) is 43.6 Å². The summed E-state index contributed by atoms with van der Waals surface area (Å²) in [6, 6.07) is 4.73. The molecule has 1 aromatic carbocycles. The summed E-state index contributed by atoms with van der Waals surface area (Å²) in [7, 11) is 0. The molecule has 1 aliphatic rings. The lowest BCUT2D eigenvalue weighted by atomic mass is 9.89. The molecule has 0 radical (unpaired) electrons. The standard InChI is InChI=1S/C13H16ClFO/c14-9-6-7-10(12(15)8-9)11-4-2-1-3-5-13(11)16/h6-8,11,13,16H,1-5H2. The Bertz CT molecular complexity index is 367. The smallest absolute Gasteiger partial charge is 0.128 e. The van der Waals surface area contributed by atoms with Crippen LogP contribution in [-0.4, -0.2) is 11.2 Å². The maximum Gasteiger partial charge on any atom is 0.128 e. The molecule has 0 bridgehead atoms. The summed E-state index contributed by atoms with van der Waals surface area (Å²) in [4.78, 5) is 0. The van der Waals surface area contributed by atoms with E-state index in [0.717, 1.165) is 32.1 Å². The van der Waals surface area contributed by atoms with Gasteiger partial charge >= 0.3 is 0 Å². The molecule has 1 aromatic rings. The molecule has 0 saturated heterocycles. The van der Waals surface area contributed by atoms with Gasteiger partial charge in [0.2, 0.25) is 0 Å². The Kier molecular flexibility index (Phi) is 3.82. The first kappa shape index (κ1) is 11.9. The molecular weight excluding hydrogens is 227 g/mol. The van der Waals surface area contributed by atoms with Crippen molar-refractivity contribution in [1.82, 2.24) is 0 Å². The molecule has 0 heterocycles. The zero-order chi connectivity index (χ0) is 11.5. The molecule has 1 N–H and O–H groups in total. The van der Waals surface area contributed by atoms with Gasteiger partial charge in [0, 0.05) is 10.9 Å². The SMILES string of the molecule is OC1CCCCCC1c1ccc(Cl)cc1F. The Morgan fingerprint density at radius 2 is 1.94 bits per heavy atom. The number of halogens is 2. The molecule has 2 rings (SSSR count). The largest absolute Gasteiger partial charge is 0.392 e. The highest BCUT2D eigenvalue weighted by molar-refractivity contribution is 6.30. The lowest BCUT2D eigenvalue weighted by molar-refractivity contribution is 0.133. The summed E-state index contributed by atoms with van der Waals surface area (Å²) in [6.07, 6.45) is 4.43. The number of aliphatic hydroxyl groups excluding tert-OH is 1. The molecule has 1 fully saturated rings. The molecular formula is C13H16ClFO. The van der Waals surface area contributed by atoms with Gasteiger partial charge in [0.05, 0.1) is 6.10 Å². The molecule has 16 heavy (non-hydrogen) atoms. The molecule has 1 saturated carbocycles. The van der Waals surface area contributed by atoms with Crippen LogP contribution >= 0.6 is 11.6 Å². The lowest BCUT2D eigenvalue weighted by Crippen LogP contribution is -2.18. The monoisotopic (exact) mass is 242 g/mol. The van der Waals surface area contributed by atoms with Crippen LogP contribution < -0.4 is 0 Å². The van der Waals surface area contributed by atoms with E-state index in [2.05, 4.69) is 0 Å².